The lowest BCUT2D eigenvalue weighted by Gasteiger charge is -2.30. The number of carbonyl (C=O) groups is 1. The van der Waals surface area contributed by atoms with E-state index in [0.717, 1.165) is 67.5 Å². The summed E-state index contributed by atoms with van der Waals surface area (Å²) >= 11 is 0. The van der Waals surface area contributed by atoms with Crippen LogP contribution in [0.1, 0.15) is 30.3 Å². The number of carbonyl (C=O) groups excluding carboxylic acids is 1. The van der Waals surface area contributed by atoms with E-state index in [2.05, 4.69) is 62.6 Å². The number of para-hydroxylation sites is 1. The van der Waals surface area contributed by atoms with Crippen LogP contribution in [0.5, 0.6) is 5.75 Å². The normalized spacial score (nSPS) is 14.9. The van der Waals surface area contributed by atoms with Gasteiger partial charge in [-0.1, -0.05) is 48.5 Å². The molecule has 1 aliphatic rings. The highest BCUT2D eigenvalue weighted by molar-refractivity contribution is 5.97. The first-order chi connectivity index (χ1) is 20.7. The number of aromatic nitrogens is 3. The van der Waals surface area contributed by atoms with Crippen LogP contribution in [-0.4, -0.2) is 65.4 Å². The molecule has 42 heavy (non-hydrogen) atoms. The summed E-state index contributed by atoms with van der Waals surface area (Å²) in [6.45, 7) is 4.02. The van der Waals surface area contributed by atoms with Crippen molar-refractivity contribution in [2.75, 3.05) is 44.7 Å². The molecule has 1 saturated heterocycles. The molecule has 2 N–H and O–H groups in total. The Morgan fingerprint density at radius 3 is 2.64 bits per heavy atom. The molecular weight excluding hydrogens is 524 g/mol. The smallest absolute Gasteiger partial charge is 0.221 e. The van der Waals surface area contributed by atoms with Crippen LogP contribution in [0, 0.1) is 0 Å². The number of benzene rings is 3. The second kappa shape index (κ2) is 13.0. The molecule has 0 radical (unpaired) electrons. The number of methoxy groups -OCH3 is 1. The molecule has 1 amide bonds. The Labute approximate surface area is 246 Å². The Hall–Kier alpha value is -4.56. The molecule has 6 rings (SSSR count). The number of ether oxygens (including phenoxy) is 1. The van der Waals surface area contributed by atoms with E-state index in [-0.39, 0.29) is 11.9 Å². The van der Waals surface area contributed by atoms with Gasteiger partial charge in [0.05, 0.1) is 30.2 Å². The summed E-state index contributed by atoms with van der Waals surface area (Å²) in [6.07, 6.45) is 6.00. The summed E-state index contributed by atoms with van der Waals surface area (Å²) in [6, 6.07) is 28.7. The van der Waals surface area contributed by atoms with Crippen molar-refractivity contribution < 1.29 is 9.53 Å². The van der Waals surface area contributed by atoms with Gasteiger partial charge in [0.25, 0.3) is 0 Å². The second-order valence-electron chi connectivity index (χ2n) is 10.8. The van der Waals surface area contributed by atoms with E-state index in [1.54, 1.807) is 7.11 Å². The molecule has 216 valence electrons. The molecule has 8 nitrogen and oxygen atoms in total. The molecule has 5 aromatic rings. The van der Waals surface area contributed by atoms with Crippen LogP contribution >= 0.6 is 0 Å². The number of nitrogens with one attached hydrogen (secondary N) is 2. The minimum Gasteiger partial charge on any atom is -0.495 e. The van der Waals surface area contributed by atoms with Gasteiger partial charge in [0.15, 0.2) is 0 Å². The topological polar surface area (TPSA) is 78.4 Å². The zero-order valence-electron chi connectivity index (χ0n) is 24.1. The minimum atomic E-state index is -0.130. The number of nitrogens with zero attached hydrogens (tertiary/aromatic N) is 4. The number of hydrogen-bond donors (Lipinski definition) is 2. The molecule has 1 atom stereocenters. The van der Waals surface area contributed by atoms with E-state index >= 15 is 0 Å². The summed E-state index contributed by atoms with van der Waals surface area (Å²) in [5, 5.41) is 10.5. The fraction of sp³-hybridized carbons (Fsp3) is 0.294. The standard InChI is InChI=1S/C34H38N6O2/c1-42-32-15-14-26-9-5-6-13-29(26)34(32)39-21-8-20-38(23-24-39)31(25-33(41)36-19-16-27-10-7-18-35-27)30-17-22-40(37-30)28-11-3-2-4-12-28/h2-7,9-15,17-18,22,31,35H,8,16,19-21,23-25H2,1H3,(H,36,41). The van der Waals surface area contributed by atoms with Crippen molar-refractivity contribution in [2.24, 2.45) is 0 Å². The second-order valence-corrected chi connectivity index (χ2v) is 10.8. The summed E-state index contributed by atoms with van der Waals surface area (Å²) in [7, 11) is 1.74. The van der Waals surface area contributed by atoms with Crippen LogP contribution in [0.25, 0.3) is 16.5 Å². The van der Waals surface area contributed by atoms with Gasteiger partial charge in [-0.15, -0.1) is 0 Å². The Balaban J connectivity index is 1.22. The van der Waals surface area contributed by atoms with E-state index in [1.807, 2.05) is 59.5 Å². The maximum absolute atomic E-state index is 13.3. The summed E-state index contributed by atoms with van der Waals surface area (Å²) in [5.74, 6) is 0.930. The lowest BCUT2D eigenvalue weighted by atomic mass is 10.1. The van der Waals surface area contributed by atoms with Crippen LogP contribution in [-0.2, 0) is 11.2 Å². The van der Waals surface area contributed by atoms with E-state index in [1.165, 1.54) is 10.8 Å². The Bertz CT molecular complexity index is 1600. The zero-order chi connectivity index (χ0) is 28.7. The van der Waals surface area contributed by atoms with Crippen LogP contribution in [0.2, 0.25) is 0 Å². The van der Waals surface area contributed by atoms with Gasteiger partial charge in [-0.25, -0.2) is 4.68 Å². The molecular formula is C34H38N6O2. The molecule has 2 aromatic heterocycles. The highest BCUT2D eigenvalue weighted by atomic mass is 16.5. The van der Waals surface area contributed by atoms with Gasteiger partial charge in [-0.2, -0.15) is 5.10 Å². The van der Waals surface area contributed by atoms with Crippen LogP contribution in [0.3, 0.4) is 0 Å². The fourth-order valence-electron chi connectivity index (χ4n) is 5.97. The SMILES string of the molecule is COc1ccc2ccccc2c1N1CCCN(C(CC(=O)NCCc2ccc[nH]2)c2ccn(-c3ccccc3)n2)CC1. The first kappa shape index (κ1) is 27.6. The lowest BCUT2D eigenvalue weighted by Crippen LogP contribution is -2.37. The van der Waals surface area contributed by atoms with Crippen LogP contribution in [0.15, 0.2) is 97.3 Å². The fourth-order valence-corrected chi connectivity index (χ4v) is 5.97. The lowest BCUT2D eigenvalue weighted by molar-refractivity contribution is -0.122. The van der Waals surface area contributed by atoms with E-state index in [9.17, 15) is 4.79 Å². The number of fused-ring (bicyclic) bond motifs is 1. The molecule has 1 fully saturated rings. The van der Waals surface area contributed by atoms with Crippen LogP contribution in [0.4, 0.5) is 5.69 Å². The number of H-pyrrole nitrogens is 1. The highest BCUT2D eigenvalue weighted by Gasteiger charge is 2.29. The molecule has 0 saturated carbocycles. The Morgan fingerprint density at radius 1 is 0.952 bits per heavy atom. The van der Waals surface area contributed by atoms with Crippen molar-refractivity contribution in [3.63, 3.8) is 0 Å². The molecule has 0 aliphatic carbocycles. The predicted molar refractivity (Wildman–Crippen MR) is 167 cm³/mol. The summed E-state index contributed by atoms with van der Waals surface area (Å²) in [5.41, 5.74) is 4.17. The number of rotatable bonds is 10. The van der Waals surface area contributed by atoms with Crippen molar-refractivity contribution in [1.82, 2.24) is 25.0 Å². The molecule has 0 bridgehead atoms. The average molecular weight is 563 g/mol. The third kappa shape index (κ3) is 6.19. The van der Waals surface area contributed by atoms with Crippen molar-refractivity contribution in [1.29, 1.82) is 0 Å². The molecule has 3 heterocycles. The third-order valence-corrected chi connectivity index (χ3v) is 8.10. The maximum atomic E-state index is 13.3. The van der Waals surface area contributed by atoms with Gasteiger partial charge < -0.3 is 19.9 Å². The largest absolute Gasteiger partial charge is 0.495 e. The average Bonchev–Trinajstić information content (AvgIpc) is 3.68. The molecule has 1 aliphatic heterocycles. The molecule has 8 heteroatoms. The summed E-state index contributed by atoms with van der Waals surface area (Å²) < 4.78 is 7.73. The van der Waals surface area contributed by atoms with E-state index < -0.39 is 0 Å². The van der Waals surface area contributed by atoms with Crippen LogP contribution < -0.4 is 15.0 Å². The number of amides is 1. The van der Waals surface area contributed by atoms with E-state index in [4.69, 9.17) is 9.84 Å². The molecule has 0 spiro atoms. The van der Waals surface area contributed by atoms with Gasteiger partial charge in [-0.05, 0) is 48.2 Å². The quantitative estimate of drug-likeness (QED) is 0.240. The van der Waals surface area contributed by atoms with Gasteiger partial charge >= 0.3 is 0 Å². The van der Waals surface area contributed by atoms with E-state index in [0.29, 0.717) is 13.0 Å². The number of hydrogen-bond acceptors (Lipinski definition) is 5. The van der Waals surface area contributed by atoms with Gasteiger partial charge in [0, 0.05) is 69.0 Å². The Morgan fingerprint density at radius 2 is 1.81 bits per heavy atom. The van der Waals surface area contributed by atoms with Gasteiger partial charge in [0.2, 0.25) is 5.91 Å². The van der Waals surface area contributed by atoms with Crippen molar-refractivity contribution in [2.45, 2.75) is 25.3 Å². The van der Waals surface area contributed by atoms with Crippen molar-refractivity contribution in [3.8, 4) is 11.4 Å². The minimum absolute atomic E-state index is 0.0395. The predicted octanol–water partition coefficient (Wildman–Crippen LogP) is 5.36. The molecule has 1 unspecified atom stereocenters. The third-order valence-electron chi connectivity index (χ3n) is 8.10. The number of anilines is 1. The Kier molecular flexibility index (Phi) is 8.51. The van der Waals surface area contributed by atoms with Gasteiger partial charge in [-0.3, -0.25) is 9.69 Å². The van der Waals surface area contributed by atoms with Crippen molar-refractivity contribution in [3.05, 3.63) is 109 Å². The van der Waals surface area contributed by atoms with Crippen molar-refractivity contribution >= 4 is 22.4 Å². The molecule has 3 aromatic carbocycles. The maximum Gasteiger partial charge on any atom is 0.221 e. The van der Waals surface area contributed by atoms with Gasteiger partial charge in [0.1, 0.15) is 5.75 Å². The monoisotopic (exact) mass is 562 g/mol. The first-order valence-corrected chi connectivity index (χ1v) is 14.7. The highest BCUT2D eigenvalue weighted by Crippen LogP contribution is 2.37. The summed E-state index contributed by atoms with van der Waals surface area (Å²) in [4.78, 5) is 21.3. The first-order valence-electron chi connectivity index (χ1n) is 14.7. The zero-order valence-corrected chi connectivity index (χ0v) is 24.1. The number of aromatic amines is 1.